The molecule has 0 aromatic carbocycles. The highest BCUT2D eigenvalue weighted by molar-refractivity contribution is 5.56. The van der Waals surface area contributed by atoms with Crippen molar-refractivity contribution in [1.29, 1.82) is 0 Å². The number of hydrogen-bond acceptors (Lipinski definition) is 4. The summed E-state index contributed by atoms with van der Waals surface area (Å²) in [5.41, 5.74) is 7.16. The SMILES string of the molecule is CCCc1c(N)ncnc1NC1(C)CC1. The predicted molar refractivity (Wildman–Crippen MR) is 61.7 cm³/mol. The highest BCUT2D eigenvalue weighted by atomic mass is 15.1. The normalized spacial score (nSPS) is 17.5. The van der Waals surface area contributed by atoms with E-state index in [0.29, 0.717) is 5.82 Å². The Morgan fingerprint density at radius 3 is 2.80 bits per heavy atom. The fourth-order valence-corrected chi connectivity index (χ4v) is 1.63. The molecule has 0 radical (unpaired) electrons. The molecule has 0 bridgehead atoms. The zero-order valence-electron chi connectivity index (χ0n) is 9.38. The second-order valence-electron chi connectivity index (χ2n) is 4.52. The number of nitrogens with two attached hydrogens (primary N) is 1. The van der Waals surface area contributed by atoms with Crippen LogP contribution in [0.1, 0.15) is 38.7 Å². The summed E-state index contributed by atoms with van der Waals surface area (Å²) >= 11 is 0. The van der Waals surface area contributed by atoms with Gasteiger partial charge >= 0.3 is 0 Å². The number of rotatable bonds is 4. The van der Waals surface area contributed by atoms with Crippen molar-refractivity contribution >= 4 is 11.6 Å². The lowest BCUT2D eigenvalue weighted by Gasteiger charge is -2.16. The lowest BCUT2D eigenvalue weighted by atomic mass is 10.1. The predicted octanol–water partition coefficient (Wildman–Crippen LogP) is 1.98. The average molecular weight is 206 g/mol. The van der Waals surface area contributed by atoms with Crippen LogP contribution in [0, 0.1) is 0 Å². The smallest absolute Gasteiger partial charge is 0.135 e. The van der Waals surface area contributed by atoms with Crippen molar-refractivity contribution in [1.82, 2.24) is 9.97 Å². The molecule has 0 unspecified atom stereocenters. The standard InChI is InChI=1S/C11H18N4/c1-3-4-8-9(12)13-7-14-10(8)15-11(2)5-6-11/h7H,3-6H2,1-2H3,(H3,12,13,14,15). The lowest BCUT2D eigenvalue weighted by Crippen LogP contribution is -2.19. The van der Waals surface area contributed by atoms with Crippen LogP contribution < -0.4 is 11.1 Å². The minimum atomic E-state index is 0.239. The fraction of sp³-hybridized carbons (Fsp3) is 0.636. The third kappa shape index (κ3) is 2.19. The van der Waals surface area contributed by atoms with E-state index in [4.69, 9.17) is 5.73 Å². The molecule has 1 aromatic heterocycles. The molecule has 3 N–H and O–H groups in total. The van der Waals surface area contributed by atoms with Gasteiger partial charge in [0.15, 0.2) is 0 Å². The second-order valence-corrected chi connectivity index (χ2v) is 4.52. The highest BCUT2D eigenvalue weighted by Crippen LogP contribution is 2.38. The molecule has 0 saturated heterocycles. The van der Waals surface area contributed by atoms with E-state index in [-0.39, 0.29) is 5.54 Å². The Balaban J connectivity index is 2.24. The van der Waals surface area contributed by atoms with E-state index in [0.717, 1.165) is 24.2 Å². The Morgan fingerprint density at radius 2 is 2.20 bits per heavy atom. The van der Waals surface area contributed by atoms with Gasteiger partial charge in [-0.3, -0.25) is 0 Å². The van der Waals surface area contributed by atoms with E-state index in [1.165, 1.54) is 19.2 Å². The number of anilines is 2. The molecule has 1 fully saturated rings. The van der Waals surface area contributed by atoms with E-state index in [9.17, 15) is 0 Å². The van der Waals surface area contributed by atoms with Gasteiger partial charge in [0.05, 0.1) is 0 Å². The third-order valence-electron chi connectivity index (χ3n) is 2.90. The Labute approximate surface area is 90.3 Å². The van der Waals surface area contributed by atoms with Crippen LogP contribution in [0.5, 0.6) is 0 Å². The second kappa shape index (κ2) is 3.68. The Bertz CT molecular complexity index is 358. The minimum absolute atomic E-state index is 0.239. The van der Waals surface area contributed by atoms with Crippen molar-refractivity contribution in [2.24, 2.45) is 0 Å². The van der Waals surface area contributed by atoms with Crippen molar-refractivity contribution < 1.29 is 0 Å². The number of nitrogen functional groups attached to an aromatic ring is 1. The summed E-state index contributed by atoms with van der Waals surface area (Å²) in [7, 11) is 0. The van der Waals surface area contributed by atoms with Gasteiger partial charge in [-0.25, -0.2) is 9.97 Å². The van der Waals surface area contributed by atoms with Gasteiger partial charge in [-0.15, -0.1) is 0 Å². The van der Waals surface area contributed by atoms with Crippen LogP contribution in [0.4, 0.5) is 11.6 Å². The summed E-state index contributed by atoms with van der Waals surface area (Å²) in [6.07, 6.45) is 5.95. The average Bonchev–Trinajstić information content (AvgIpc) is 2.90. The monoisotopic (exact) mass is 206 g/mol. The molecule has 15 heavy (non-hydrogen) atoms. The zero-order valence-corrected chi connectivity index (χ0v) is 9.38. The maximum Gasteiger partial charge on any atom is 0.135 e. The number of hydrogen-bond donors (Lipinski definition) is 2. The summed E-state index contributed by atoms with van der Waals surface area (Å²) in [5, 5.41) is 3.46. The molecule has 4 nitrogen and oxygen atoms in total. The quantitative estimate of drug-likeness (QED) is 0.790. The number of nitrogens with zero attached hydrogens (tertiary/aromatic N) is 2. The molecule has 0 atom stereocenters. The van der Waals surface area contributed by atoms with E-state index >= 15 is 0 Å². The third-order valence-corrected chi connectivity index (χ3v) is 2.90. The molecule has 1 aliphatic carbocycles. The van der Waals surface area contributed by atoms with Gasteiger partial charge < -0.3 is 11.1 Å². The summed E-state index contributed by atoms with van der Waals surface area (Å²) in [5.74, 6) is 1.53. The molecule has 0 aliphatic heterocycles. The maximum absolute atomic E-state index is 5.86. The molecular weight excluding hydrogens is 188 g/mol. The van der Waals surface area contributed by atoms with Crippen LogP contribution in [-0.2, 0) is 6.42 Å². The fourth-order valence-electron chi connectivity index (χ4n) is 1.63. The first kappa shape index (κ1) is 10.2. The highest BCUT2D eigenvalue weighted by Gasteiger charge is 2.38. The zero-order chi connectivity index (χ0) is 10.9. The summed E-state index contributed by atoms with van der Waals surface area (Å²) in [6.45, 7) is 4.34. The van der Waals surface area contributed by atoms with Crippen molar-refractivity contribution in [2.45, 2.75) is 45.1 Å². The summed E-state index contributed by atoms with van der Waals surface area (Å²) in [6, 6.07) is 0. The molecule has 1 aliphatic rings. The van der Waals surface area contributed by atoms with Gasteiger partial charge in [-0.05, 0) is 26.2 Å². The van der Waals surface area contributed by atoms with E-state index < -0.39 is 0 Å². The number of nitrogens with one attached hydrogen (secondary N) is 1. The van der Waals surface area contributed by atoms with Gasteiger partial charge in [0, 0.05) is 11.1 Å². The molecule has 0 spiro atoms. The van der Waals surface area contributed by atoms with E-state index in [1.807, 2.05) is 0 Å². The van der Waals surface area contributed by atoms with Gasteiger partial charge in [0.1, 0.15) is 18.0 Å². The molecule has 82 valence electrons. The molecule has 1 aromatic rings. The van der Waals surface area contributed by atoms with Crippen molar-refractivity contribution in [3.63, 3.8) is 0 Å². The van der Waals surface area contributed by atoms with Gasteiger partial charge in [-0.2, -0.15) is 0 Å². The van der Waals surface area contributed by atoms with Crippen LogP contribution in [0.25, 0.3) is 0 Å². The van der Waals surface area contributed by atoms with Crippen LogP contribution in [0.15, 0.2) is 6.33 Å². The van der Waals surface area contributed by atoms with E-state index in [2.05, 4.69) is 29.1 Å². The molecule has 2 rings (SSSR count). The van der Waals surface area contributed by atoms with Gasteiger partial charge in [0.2, 0.25) is 0 Å². The van der Waals surface area contributed by atoms with Gasteiger partial charge in [0.25, 0.3) is 0 Å². The number of aromatic nitrogens is 2. The van der Waals surface area contributed by atoms with Crippen molar-refractivity contribution in [3.8, 4) is 0 Å². The molecule has 1 heterocycles. The Morgan fingerprint density at radius 1 is 1.47 bits per heavy atom. The first-order valence-electron chi connectivity index (χ1n) is 5.52. The van der Waals surface area contributed by atoms with Crippen LogP contribution in [0.3, 0.4) is 0 Å². The lowest BCUT2D eigenvalue weighted by molar-refractivity contribution is 0.807. The van der Waals surface area contributed by atoms with Crippen molar-refractivity contribution in [2.75, 3.05) is 11.1 Å². The largest absolute Gasteiger partial charge is 0.383 e. The minimum Gasteiger partial charge on any atom is -0.383 e. The summed E-state index contributed by atoms with van der Waals surface area (Å²) in [4.78, 5) is 8.32. The summed E-state index contributed by atoms with van der Waals surface area (Å²) < 4.78 is 0. The van der Waals surface area contributed by atoms with Crippen LogP contribution in [0.2, 0.25) is 0 Å². The Hall–Kier alpha value is -1.32. The maximum atomic E-state index is 5.86. The topological polar surface area (TPSA) is 63.8 Å². The molecule has 0 amide bonds. The molecular formula is C11H18N4. The molecule has 4 heteroatoms. The van der Waals surface area contributed by atoms with Gasteiger partial charge in [-0.1, -0.05) is 13.3 Å². The van der Waals surface area contributed by atoms with Crippen LogP contribution >= 0.6 is 0 Å². The first-order chi connectivity index (χ1) is 7.14. The first-order valence-corrected chi connectivity index (χ1v) is 5.52. The Kier molecular flexibility index (Phi) is 2.50. The van der Waals surface area contributed by atoms with Crippen LogP contribution in [-0.4, -0.2) is 15.5 Å². The molecule has 1 saturated carbocycles. The van der Waals surface area contributed by atoms with Crippen molar-refractivity contribution in [3.05, 3.63) is 11.9 Å². The van der Waals surface area contributed by atoms with E-state index in [1.54, 1.807) is 0 Å².